The Balaban J connectivity index is 2.31. The summed E-state index contributed by atoms with van der Waals surface area (Å²) < 4.78 is 1.82. The Morgan fingerprint density at radius 2 is 1.68 bits per heavy atom. The zero-order valence-electron chi connectivity index (χ0n) is 12.7. The van der Waals surface area contributed by atoms with Crippen molar-refractivity contribution in [3.05, 3.63) is 74.7 Å². The number of aromatic nitrogens is 1. The van der Waals surface area contributed by atoms with E-state index in [4.69, 9.17) is 0 Å². The SMILES string of the molecule is Cc1cc(C)c(/C(=C2\C=CC(Br)=N2)c2ccc(Br)[nH]2)c(C)c1. The summed E-state index contributed by atoms with van der Waals surface area (Å²) in [5.41, 5.74) is 8.21. The van der Waals surface area contributed by atoms with E-state index in [9.17, 15) is 0 Å². The topological polar surface area (TPSA) is 28.1 Å². The van der Waals surface area contributed by atoms with Gasteiger partial charge in [-0.15, -0.1) is 0 Å². The van der Waals surface area contributed by atoms with Gasteiger partial charge in [0.05, 0.1) is 10.3 Å². The Morgan fingerprint density at radius 3 is 2.18 bits per heavy atom. The normalized spacial score (nSPS) is 16.1. The third kappa shape index (κ3) is 2.90. The zero-order chi connectivity index (χ0) is 15.9. The molecule has 112 valence electrons. The molecular formula is C18H16Br2N2. The molecule has 22 heavy (non-hydrogen) atoms. The quantitative estimate of drug-likeness (QED) is 0.634. The number of benzene rings is 1. The Morgan fingerprint density at radius 1 is 1.00 bits per heavy atom. The van der Waals surface area contributed by atoms with E-state index in [1.807, 2.05) is 18.2 Å². The van der Waals surface area contributed by atoms with Gasteiger partial charge in [0.25, 0.3) is 0 Å². The maximum atomic E-state index is 4.62. The van der Waals surface area contributed by atoms with Crippen molar-refractivity contribution in [3.63, 3.8) is 0 Å². The van der Waals surface area contributed by atoms with Crippen LogP contribution in [0.15, 0.2) is 51.7 Å². The number of hydrogen-bond donors (Lipinski definition) is 1. The second-order valence-corrected chi connectivity index (χ2v) is 7.19. The van der Waals surface area contributed by atoms with Gasteiger partial charge in [0.2, 0.25) is 0 Å². The lowest BCUT2D eigenvalue weighted by atomic mass is 9.91. The maximum Gasteiger partial charge on any atom is 0.106 e. The van der Waals surface area contributed by atoms with Crippen molar-refractivity contribution in [1.29, 1.82) is 0 Å². The van der Waals surface area contributed by atoms with Crippen molar-refractivity contribution in [2.75, 3.05) is 0 Å². The number of H-pyrrole nitrogens is 1. The predicted octanol–water partition coefficient (Wildman–Crippen LogP) is 5.83. The van der Waals surface area contributed by atoms with Crippen molar-refractivity contribution in [3.8, 4) is 0 Å². The van der Waals surface area contributed by atoms with E-state index in [0.29, 0.717) is 0 Å². The van der Waals surface area contributed by atoms with E-state index in [-0.39, 0.29) is 0 Å². The van der Waals surface area contributed by atoms with E-state index in [2.05, 4.69) is 80.8 Å². The van der Waals surface area contributed by atoms with Crippen molar-refractivity contribution in [2.45, 2.75) is 20.8 Å². The summed E-state index contributed by atoms with van der Waals surface area (Å²) in [6.45, 7) is 6.45. The van der Waals surface area contributed by atoms with Crippen LogP contribution in [0.25, 0.3) is 5.57 Å². The van der Waals surface area contributed by atoms with Gasteiger partial charge >= 0.3 is 0 Å². The highest BCUT2D eigenvalue weighted by molar-refractivity contribution is 9.18. The predicted molar refractivity (Wildman–Crippen MR) is 101 cm³/mol. The average Bonchev–Trinajstić information content (AvgIpc) is 3.02. The first-order valence-electron chi connectivity index (χ1n) is 7.05. The average molecular weight is 420 g/mol. The number of nitrogens with one attached hydrogen (secondary N) is 1. The third-order valence-electron chi connectivity index (χ3n) is 3.71. The third-order valence-corrected chi connectivity index (χ3v) is 4.61. The molecule has 0 atom stereocenters. The fraction of sp³-hybridized carbons (Fsp3) is 0.167. The first-order chi connectivity index (χ1) is 10.5. The minimum atomic E-state index is 0.855. The number of nitrogens with zero attached hydrogens (tertiary/aromatic N) is 1. The smallest absolute Gasteiger partial charge is 0.106 e. The number of hydrogen-bond acceptors (Lipinski definition) is 1. The van der Waals surface area contributed by atoms with Crippen molar-refractivity contribution in [1.82, 2.24) is 4.98 Å². The molecule has 2 nitrogen and oxygen atoms in total. The molecule has 2 heterocycles. The number of rotatable bonds is 2. The zero-order valence-corrected chi connectivity index (χ0v) is 15.8. The lowest BCUT2D eigenvalue weighted by Crippen LogP contribution is -1.99. The molecule has 0 saturated carbocycles. The van der Waals surface area contributed by atoms with Crippen LogP contribution in [0.3, 0.4) is 0 Å². The van der Waals surface area contributed by atoms with E-state index < -0.39 is 0 Å². The van der Waals surface area contributed by atoms with Crippen LogP contribution in [-0.2, 0) is 0 Å². The maximum absolute atomic E-state index is 4.62. The number of aliphatic imine (C=N–C) groups is 1. The summed E-state index contributed by atoms with van der Waals surface area (Å²) in [5, 5.41) is 0. The Kier molecular flexibility index (Phi) is 4.24. The summed E-state index contributed by atoms with van der Waals surface area (Å²) >= 11 is 6.96. The molecule has 0 amide bonds. The summed E-state index contributed by atoms with van der Waals surface area (Å²) in [6, 6.07) is 8.55. The highest BCUT2D eigenvalue weighted by atomic mass is 79.9. The van der Waals surface area contributed by atoms with Gasteiger partial charge in [0.15, 0.2) is 0 Å². The largest absolute Gasteiger partial charge is 0.349 e. The van der Waals surface area contributed by atoms with E-state index in [0.717, 1.165) is 26.2 Å². The Bertz CT molecular complexity index is 816. The molecule has 0 bridgehead atoms. The monoisotopic (exact) mass is 418 g/mol. The molecule has 0 aliphatic carbocycles. The molecule has 1 aliphatic rings. The lowest BCUT2D eigenvalue weighted by molar-refractivity contribution is 1.24. The molecule has 1 aromatic carbocycles. The Labute approximate surface area is 147 Å². The molecule has 1 aromatic heterocycles. The van der Waals surface area contributed by atoms with Crippen LogP contribution in [0.4, 0.5) is 0 Å². The summed E-state index contributed by atoms with van der Waals surface area (Å²) in [7, 11) is 0. The van der Waals surface area contributed by atoms with Gasteiger partial charge in [0.1, 0.15) is 4.62 Å². The van der Waals surface area contributed by atoms with Crippen LogP contribution >= 0.6 is 31.9 Å². The van der Waals surface area contributed by atoms with Gasteiger partial charge in [-0.2, -0.15) is 0 Å². The molecule has 0 saturated heterocycles. The standard InChI is InChI=1S/C18H16Br2N2/c1-10-8-11(2)17(12(3)9-10)18(13-4-6-15(19)21-13)14-5-7-16(20)22-14/h4-9,21H,1-3H3/b18-14+. The van der Waals surface area contributed by atoms with Crippen LogP contribution in [0, 0.1) is 20.8 Å². The van der Waals surface area contributed by atoms with Crippen molar-refractivity contribution < 1.29 is 0 Å². The second kappa shape index (κ2) is 6.01. The number of aromatic amines is 1. The molecule has 0 spiro atoms. The van der Waals surface area contributed by atoms with Gasteiger partial charge in [-0.25, -0.2) is 4.99 Å². The van der Waals surface area contributed by atoms with Crippen molar-refractivity contribution in [2.24, 2.45) is 4.99 Å². The van der Waals surface area contributed by atoms with Gasteiger partial charge in [0, 0.05) is 11.3 Å². The highest BCUT2D eigenvalue weighted by Crippen LogP contribution is 2.35. The molecular weight excluding hydrogens is 404 g/mol. The lowest BCUT2D eigenvalue weighted by Gasteiger charge is -2.15. The molecule has 1 N–H and O–H groups in total. The molecule has 0 fully saturated rings. The second-order valence-electron chi connectivity index (χ2n) is 5.52. The molecule has 0 unspecified atom stereocenters. The Hall–Kier alpha value is -1.39. The summed E-state index contributed by atoms with van der Waals surface area (Å²) in [5.74, 6) is 0. The number of aryl methyl sites for hydroxylation is 3. The minimum Gasteiger partial charge on any atom is -0.349 e. The van der Waals surface area contributed by atoms with E-state index >= 15 is 0 Å². The molecule has 2 aromatic rings. The van der Waals surface area contributed by atoms with E-state index in [1.165, 1.54) is 22.3 Å². The van der Waals surface area contributed by atoms with Gasteiger partial charge in [-0.1, -0.05) is 17.7 Å². The highest BCUT2D eigenvalue weighted by Gasteiger charge is 2.18. The minimum absolute atomic E-state index is 0.855. The van der Waals surface area contributed by atoms with Gasteiger partial charge < -0.3 is 4.98 Å². The number of allylic oxidation sites excluding steroid dienone is 2. The van der Waals surface area contributed by atoms with Crippen LogP contribution in [-0.4, -0.2) is 9.60 Å². The summed E-state index contributed by atoms with van der Waals surface area (Å²) in [4.78, 5) is 8.00. The molecule has 1 aliphatic heterocycles. The van der Waals surface area contributed by atoms with E-state index in [1.54, 1.807) is 0 Å². The molecule has 4 heteroatoms. The first kappa shape index (κ1) is 15.5. The summed E-state index contributed by atoms with van der Waals surface area (Å²) in [6.07, 6.45) is 4.03. The fourth-order valence-electron chi connectivity index (χ4n) is 2.97. The fourth-order valence-corrected chi connectivity index (χ4v) is 3.63. The van der Waals surface area contributed by atoms with Crippen LogP contribution in [0.1, 0.15) is 27.9 Å². The van der Waals surface area contributed by atoms with Crippen LogP contribution in [0.5, 0.6) is 0 Å². The van der Waals surface area contributed by atoms with Crippen molar-refractivity contribution >= 4 is 42.1 Å². The van der Waals surface area contributed by atoms with Gasteiger partial charge in [-0.05, 0) is 93.6 Å². The van der Waals surface area contributed by atoms with Crippen LogP contribution in [0.2, 0.25) is 0 Å². The van der Waals surface area contributed by atoms with Gasteiger partial charge in [-0.3, -0.25) is 0 Å². The van der Waals surface area contributed by atoms with Crippen LogP contribution < -0.4 is 0 Å². The molecule has 3 rings (SSSR count). The molecule has 0 radical (unpaired) electrons. The number of halogens is 2. The first-order valence-corrected chi connectivity index (χ1v) is 8.64.